The van der Waals surface area contributed by atoms with Gasteiger partial charge in [-0.15, -0.1) is 11.3 Å². The molecular weight excluding hydrogens is 254 g/mol. The molecule has 0 aromatic carbocycles. The van der Waals surface area contributed by atoms with Crippen molar-refractivity contribution in [3.8, 4) is 0 Å². The van der Waals surface area contributed by atoms with Gasteiger partial charge in [0.1, 0.15) is 5.01 Å². The van der Waals surface area contributed by atoms with Crippen molar-refractivity contribution in [1.82, 2.24) is 15.2 Å². The van der Waals surface area contributed by atoms with Gasteiger partial charge in [-0.2, -0.15) is 0 Å². The zero-order valence-corrected chi connectivity index (χ0v) is 12.9. The standard InChI is InChI=1S/C15H25N3S/c1-11-4-3-7-18(9-11)10-15-17-12(2)14(19-15)8-16-13-5-6-13/h11,13,16H,3-10H2,1-2H3. The van der Waals surface area contributed by atoms with Crippen LogP contribution in [-0.2, 0) is 13.1 Å². The highest BCUT2D eigenvalue weighted by Gasteiger charge is 2.22. The molecule has 1 aromatic heterocycles. The number of rotatable bonds is 5. The van der Waals surface area contributed by atoms with Gasteiger partial charge in [-0.3, -0.25) is 4.90 Å². The Kier molecular flexibility index (Phi) is 4.20. The average Bonchev–Trinajstić information content (AvgIpc) is 3.12. The van der Waals surface area contributed by atoms with Gasteiger partial charge in [-0.1, -0.05) is 6.92 Å². The molecule has 1 unspecified atom stereocenters. The molecule has 3 rings (SSSR count). The maximum absolute atomic E-state index is 4.76. The van der Waals surface area contributed by atoms with Gasteiger partial charge in [0, 0.05) is 24.0 Å². The molecule has 0 amide bonds. The van der Waals surface area contributed by atoms with E-state index in [-0.39, 0.29) is 0 Å². The second kappa shape index (κ2) is 5.90. The highest BCUT2D eigenvalue weighted by atomic mass is 32.1. The second-order valence-corrected chi connectivity index (χ2v) is 7.42. The van der Waals surface area contributed by atoms with Crippen molar-refractivity contribution in [3.05, 3.63) is 15.6 Å². The van der Waals surface area contributed by atoms with E-state index in [1.54, 1.807) is 0 Å². The highest BCUT2D eigenvalue weighted by Crippen LogP contribution is 2.24. The molecule has 1 N–H and O–H groups in total. The minimum Gasteiger partial charge on any atom is -0.309 e. The molecule has 1 aliphatic heterocycles. The van der Waals surface area contributed by atoms with Gasteiger partial charge in [0.2, 0.25) is 0 Å². The van der Waals surface area contributed by atoms with Crippen LogP contribution in [0.2, 0.25) is 0 Å². The van der Waals surface area contributed by atoms with Crippen LogP contribution in [0.3, 0.4) is 0 Å². The summed E-state index contributed by atoms with van der Waals surface area (Å²) < 4.78 is 0. The first kappa shape index (κ1) is 13.5. The number of hydrogen-bond donors (Lipinski definition) is 1. The fourth-order valence-corrected chi connectivity index (χ4v) is 3.93. The predicted molar refractivity (Wildman–Crippen MR) is 80.4 cm³/mol. The van der Waals surface area contributed by atoms with Crippen LogP contribution in [0, 0.1) is 12.8 Å². The van der Waals surface area contributed by atoms with Crippen LogP contribution in [-0.4, -0.2) is 29.0 Å². The van der Waals surface area contributed by atoms with Crippen LogP contribution in [0.5, 0.6) is 0 Å². The monoisotopic (exact) mass is 279 g/mol. The first-order valence-corrected chi connectivity index (χ1v) is 8.43. The van der Waals surface area contributed by atoms with Gasteiger partial charge in [0.25, 0.3) is 0 Å². The summed E-state index contributed by atoms with van der Waals surface area (Å²) in [6.45, 7) is 9.09. The molecule has 0 bridgehead atoms. The van der Waals surface area contributed by atoms with E-state index >= 15 is 0 Å². The normalized spacial score (nSPS) is 24.8. The lowest BCUT2D eigenvalue weighted by molar-refractivity contribution is 0.176. The van der Waals surface area contributed by atoms with Crippen molar-refractivity contribution >= 4 is 11.3 Å². The van der Waals surface area contributed by atoms with Crippen LogP contribution in [0.15, 0.2) is 0 Å². The average molecular weight is 279 g/mol. The smallest absolute Gasteiger partial charge is 0.107 e. The molecule has 1 saturated carbocycles. The van der Waals surface area contributed by atoms with Crippen molar-refractivity contribution in [2.45, 2.75) is 58.7 Å². The Balaban J connectivity index is 1.56. The summed E-state index contributed by atoms with van der Waals surface area (Å²) in [5.41, 5.74) is 1.23. The third-order valence-corrected chi connectivity index (χ3v) is 5.31. The summed E-state index contributed by atoms with van der Waals surface area (Å²) in [6, 6.07) is 0.785. The maximum Gasteiger partial charge on any atom is 0.107 e. The molecule has 1 aliphatic carbocycles. The van der Waals surface area contributed by atoms with E-state index in [2.05, 4.69) is 24.1 Å². The molecule has 1 aromatic rings. The Morgan fingerprint density at radius 3 is 2.95 bits per heavy atom. The number of piperidine rings is 1. The van der Waals surface area contributed by atoms with E-state index in [1.165, 1.54) is 54.4 Å². The van der Waals surface area contributed by atoms with E-state index in [1.807, 2.05) is 11.3 Å². The Hall–Kier alpha value is -0.450. The molecular formula is C15H25N3S. The lowest BCUT2D eigenvalue weighted by atomic mass is 10.0. The summed E-state index contributed by atoms with van der Waals surface area (Å²) in [5.74, 6) is 0.853. The fourth-order valence-electron chi connectivity index (χ4n) is 2.87. The van der Waals surface area contributed by atoms with Crippen LogP contribution in [0.4, 0.5) is 0 Å². The largest absolute Gasteiger partial charge is 0.309 e. The molecule has 106 valence electrons. The van der Waals surface area contributed by atoms with E-state index < -0.39 is 0 Å². The van der Waals surface area contributed by atoms with Crippen molar-refractivity contribution in [3.63, 3.8) is 0 Å². The second-order valence-electron chi connectivity index (χ2n) is 6.25. The first-order valence-electron chi connectivity index (χ1n) is 7.61. The van der Waals surface area contributed by atoms with Gasteiger partial charge < -0.3 is 5.32 Å². The van der Waals surface area contributed by atoms with Crippen LogP contribution in [0.25, 0.3) is 0 Å². The molecule has 1 atom stereocenters. The van der Waals surface area contributed by atoms with Crippen molar-refractivity contribution in [1.29, 1.82) is 0 Å². The van der Waals surface area contributed by atoms with Gasteiger partial charge >= 0.3 is 0 Å². The zero-order chi connectivity index (χ0) is 13.2. The van der Waals surface area contributed by atoms with Crippen LogP contribution >= 0.6 is 11.3 Å². The molecule has 4 heteroatoms. The molecule has 19 heavy (non-hydrogen) atoms. The number of thiazole rings is 1. The number of hydrogen-bond acceptors (Lipinski definition) is 4. The van der Waals surface area contributed by atoms with E-state index in [0.717, 1.165) is 25.0 Å². The molecule has 2 aliphatic rings. The van der Waals surface area contributed by atoms with Crippen LogP contribution in [0.1, 0.15) is 48.2 Å². The minimum atomic E-state index is 0.785. The molecule has 2 heterocycles. The van der Waals surface area contributed by atoms with Crippen molar-refractivity contribution in [2.75, 3.05) is 13.1 Å². The summed E-state index contributed by atoms with van der Waals surface area (Å²) in [6.07, 6.45) is 5.46. The summed E-state index contributed by atoms with van der Waals surface area (Å²) in [5, 5.41) is 4.90. The van der Waals surface area contributed by atoms with Gasteiger partial charge in [0.15, 0.2) is 0 Å². The molecule has 0 radical (unpaired) electrons. The first-order chi connectivity index (χ1) is 9.20. The number of aryl methyl sites for hydroxylation is 1. The SMILES string of the molecule is Cc1nc(CN2CCCC(C)C2)sc1CNC1CC1. The zero-order valence-electron chi connectivity index (χ0n) is 12.1. The summed E-state index contributed by atoms with van der Waals surface area (Å²) >= 11 is 1.91. The molecule has 1 saturated heterocycles. The maximum atomic E-state index is 4.76. The van der Waals surface area contributed by atoms with Crippen molar-refractivity contribution in [2.24, 2.45) is 5.92 Å². The Morgan fingerprint density at radius 1 is 1.37 bits per heavy atom. The molecule has 3 nitrogen and oxygen atoms in total. The van der Waals surface area contributed by atoms with Gasteiger partial charge in [-0.25, -0.2) is 4.98 Å². The number of likely N-dealkylation sites (tertiary alicyclic amines) is 1. The number of nitrogens with one attached hydrogen (secondary N) is 1. The quantitative estimate of drug-likeness (QED) is 0.898. The third-order valence-electron chi connectivity index (χ3n) is 4.17. The fraction of sp³-hybridized carbons (Fsp3) is 0.800. The van der Waals surface area contributed by atoms with E-state index in [9.17, 15) is 0 Å². The Labute approximate surface area is 120 Å². The van der Waals surface area contributed by atoms with E-state index in [4.69, 9.17) is 4.98 Å². The third kappa shape index (κ3) is 3.77. The topological polar surface area (TPSA) is 28.2 Å². The molecule has 2 fully saturated rings. The lowest BCUT2D eigenvalue weighted by Crippen LogP contribution is -2.33. The lowest BCUT2D eigenvalue weighted by Gasteiger charge is -2.29. The Bertz CT molecular complexity index is 425. The van der Waals surface area contributed by atoms with Crippen molar-refractivity contribution < 1.29 is 0 Å². The molecule has 0 spiro atoms. The van der Waals surface area contributed by atoms with E-state index in [0.29, 0.717) is 0 Å². The van der Waals surface area contributed by atoms with Gasteiger partial charge in [0.05, 0.1) is 12.2 Å². The predicted octanol–water partition coefficient (Wildman–Crippen LogP) is 2.94. The van der Waals surface area contributed by atoms with Crippen LogP contribution < -0.4 is 5.32 Å². The summed E-state index contributed by atoms with van der Waals surface area (Å²) in [7, 11) is 0. The summed E-state index contributed by atoms with van der Waals surface area (Å²) in [4.78, 5) is 8.78. The minimum absolute atomic E-state index is 0.785. The number of aromatic nitrogens is 1. The number of nitrogens with zero attached hydrogens (tertiary/aromatic N) is 2. The van der Waals surface area contributed by atoms with Gasteiger partial charge in [-0.05, 0) is 45.1 Å². The Morgan fingerprint density at radius 2 is 2.21 bits per heavy atom. The highest BCUT2D eigenvalue weighted by molar-refractivity contribution is 7.11.